The molecule has 0 aliphatic rings. The zero-order chi connectivity index (χ0) is 15.9. The summed E-state index contributed by atoms with van der Waals surface area (Å²) in [7, 11) is -1.97. The van der Waals surface area contributed by atoms with Crippen molar-refractivity contribution in [3.8, 4) is 0 Å². The van der Waals surface area contributed by atoms with Crippen LogP contribution < -0.4 is 10.5 Å². The summed E-state index contributed by atoms with van der Waals surface area (Å²) in [5.74, 6) is 0. The molecule has 0 unspecified atom stereocenters. The van der Waals surface area contributed by atoms with Crippen molar-refractivity contribution < 1.29 is 8.42 Å². The fourth-order valence-corrected chi connectivity index (χ4v) is 3.53. The Labute approximate surface area is 125 Å². The van der Waals surface area contributed by atoms with Gasteiger partial charge in [0.1, 0.15) is 4.90 Å². The maximum Gasteiger partial charge on any atom is 0.264 e. The molecule has 7 heteroatoms. The van der Waals surface area contributed by atoms with E-state index in [-0.39, 0.29) is 10.6 Å². The lowest BCUT2D eigenvalue weighted by Crippen LogP contribution is -2.16. The minimum absolute atomic E-state index is 0.0910. The van der Waals surface area contributed by atoms with E-state index in [0.717, 1.165) is 16.8 Å². The second-order valence-electron chi connectivity index (χ2n) is 5.25. The van der Waals surface area contributed by atoms with Gasteiger partial charge in [-0.15, -0.1) is 0 Å². The zero-order valence-corrected chi connectivity index (χ0v) is 13.7. The van der Waals surface area contributed by atoms with E-state index >= 15 is 0 Å². The summed E-state index contributed by atoms with van der Waals surface area (Å²) in [6.45, 7) is 7.31. The molecule has 0 spiro atoms. The van der Waals surface area contributed by atoms with E-state index in [4.69, 9.17) is 5.73 Å². The van der Waals surface area contributed by atoms with Crippen LogP contribution in [-0.2, 0) is 17.1 Å². The molecule has 2 rings (SSSR count). The number of nitrogens with two attached hydrogens (primary N) is 1. The average molecular weight is 308 g/mol. The normalized spacial score (nSPS) is 11.7. The highest BCUT2D eigenvalue weighted by atomic mass is 32.2. The number of hydrogen-bond donors (Lipinski definition) is 2. The summed E-state index contributed by atoms with van der Waals surface area (Å²) in [4.78, 5) is 0.0910. The SMILES string of the molecule is Cc1cc(N)c(S(=O)(=O)Nc2c(C)nn(C)c2C)cc1C. The highest BCUT2D eigenvalue weighted by molar-refractivity contribution is 7.92. The lowest BCUT2D eigenvalue weighted by atomic mass is 10.1. The van der Waals surface area contributed by atoms with Crippen molar-refractivity contribution in [2.45, 2.75) is 32.6 Å². The van der Waals surface area contributed by atoms with E-state index in [9.17, 15) is 8.42 Å². The van der Waals surface area contributed by atoms with Crippen LogP contribution in [0.3, 0.4) is 0 Å². The molecule has 3 N–H and O–H groups in total. The zero-order valence-electron chi connectivity index (χ0n) is 12.9. The van der Waals surface area contributed by atoms with Gasteiger partial charge in [0.15, 0.2) is 0 Å². The Balaban J connectivity index is 2.51. The molecular formula is C14H20N4O2S. The molecule has 0 radical (unpaired) electrons. The molecule has 2 aromatic rings. The lowest BCUT2D eigenvalue weighted by Gasteiger charge is -2.12. The summed E-state index contributed by atoms with van der Waals surface area (Å²) in [6, 6.07) is 3.26. The van der Waals surface area contributed by atoms with Crippen molar-refractivity contribution in [1.29, 1.82) is 0 Å². The summed E-state index contributed by atoms with van der Waals surface area (Å²) < 4.78 is 29.4. The van der Waals surface area contributed by atoms with Crippen LogP contribution >= 0.6 is 0 Å². The largest absolute Gasteiger partial charge is 0.398 e. The Bertz CT molecular complexity index is 807. The molecule has 0 aliphatic carbocycles. The third-order valence-electron chi connectivity index (χ3n) is 3.66. The van der Waals surface area contributed by atoms with E-state index < -0.39 is 10.0 Å². The number of nitrogens with zero attached hydrogens (tertiary/aromatic N) is 2. The summed E-state index contributed by atoms with van der Waals surface area (Å²) in [5.41, 5.74) is 9.82. The summed E-state index contributed by atoms with van der Waals surface area (Å²) in [5, 5.41) is 4.20. The highest BCUT2D eigenvalue weighted by Gasteiger charge is 2.22. The minimum atomic E-state index is -3.74. The maximum absolute atomic E-state index is 12.6. The number of rotatable bonds is 3. The number of hydrogen-bond acceptors (Lipinski definition) is 4. The van der Waals surface area contributed by atoms with Crippen molar-refractivity contribution in [3.05, 3.63) is 34.6 Å². The van der Waals surface area contributed by atoms with Crippen LogP contribution in [0.4, 0.5) is 11.4 Å². The maximum atomic E-state index is 12.6. The number of aryl methyl sites for hydroxylation is 4. The van der Waals surface area contributed by atoms with Gasteiger partial charge in [0.25, 0.3) is 10.0 Å². The van der Waals surface area contributed by atoms with Crippen LogP contribution in [0.15, 0.2) is 17.0 Å². The summed E-state index contributed by atoms with van der Waals surface area (Å²) >= 11 is 0. The van der Waals surface area contributed by atoms with Crippen molar-refractivity contribution in [2.24, 2.45) is 7.05 Å². The van der Waals surface area contributed by atoms with Gasteiger partial charge in [0.2, 0.25) is 0 Å². The number of anilines is 2. The van der Waals surface area contributed by atoms with Crippen molar-refractivity contribution in [3.63, 3.8) is 0 Å². The van der Waals surface area contributed by atoms with Crippen LogP contribution in [-0.4, -0.2) is 18.2 Å². The van der Waals surface area contributed by atoms with Gasteiger partial charge in [-0.25, -0.2) is 8.42 Å². The number of sulfonamides is 1. The molecular weight excluding hydrogens is 288 g/mol. The molecule has 114 valence electrons. The molecule has 0 fully saturated rings. The molecule has 0 bridgehead atoms. The molecule has 0 aliphatic heterocycles. The third kappa shape index (κ3) is 2.73. The fourth-order valence-electron chi connectivity index (χ4n) is 2.16. The van der Waals surface area contributed by atoms with E-state index in [1.165, 1.54) is 0 Å². The Morgan fingerprint density at radius 2 is 1.71 bits per heavy atom. The standard InChI is InChI=1S/C14H20N4O2S/c1-8-6-12(15)13(7-9(8)2)21(19,20)17-14-10(3)16-18(5)11(14)4/h6-7,17H,15H2,1-5H3. The van der Waals surface area contributed by atoms with Crippen LogP contribution in [0.5, 0.6) is 0 Å². The number of aromatic nitrogens is 2. The Morgan fingerprint density at radius 1 is 1.14 bits per heavy atom. The van der Waals surface area contributed by atoms with E-state index in [2.05, 4.69) is 9.82 Å². The predicted molar refractivity (Wildman–Crippen MR) is 83.8 cm³/mol. The molecule has 0 amide bonds. The molecule has 1 aromatic carbocycles. The third-order valence-corrected chi connectivity index (χ3v) is 5.07. The Kier molecular flexibility index (Phi) is 3.71. The highest BCUT2D eigenvalue weighted by Crippen LogP contribution is 2.27. The van der Waals surface area contributed by atoms with E-state index in [0.29, 0.717) is 11.4 Å². The fraction of sp³-hybridized carbons (Fsp3) is 0.357. The Hall–Kier alpha value is -2.02. The van der Waals surface area contributed by atoms with Crippen molar-refractivity contribution in [1.82, 2.24) is 9.78 Å². The number of benzene rings is 1. The van der Waals surface area contributed by atoms with Crippen molar-refractivity contribution in [2.75, 3.05) is 10.5 Å². The van der Waals surface area contributed by atoms with Gasteiger partial charge in [-0.1, -0.05) is 0 Å². The van der Waals surface area contributed by atoms with Crippen LogP contribution in [0.1, 0.15) is 22.5 Å². The molecule has 1 heterocycles. The smallest absolute Gasteiger partial charge is 0.264 e. The first-order valence-electron chi connectivity index (χ1n) is 6.53. The topological polar surface area (TPSA) is 90.0 Å². The minimum Gasteiger partial charge on any atom is -0.398 e. The average Bonchev–Trinajstić information content (AvgIpc) is 2.60. The van der Waals surface area contributed by atoms with Crippen LogP contribution in [0, 0.1) is 27.7 Å². The van der Waals surface area contributed by atoms with Gasteiger partial charge < -0.3 is 5.73 Å². The summed E-state index contributed by atoms with van der Waals surface area (Å²) in [6.07, 6.45) is 0. The second-order valence-corrected chi connectivity index (χ2v) is 6.90. The number of nitrogen functional groups attached to an aromatic ring is 1. The molecule has 0 saturated heterocycles. The van der Waals surface area contributed by atoms with Crippen LogP contribution in [0.25, 0.3) is 0 Å². The van der Waals surface area contributed by atoms with E-state index in [1.54, 1.807) is 30.8 Å². The second kappa shape index (κ2) is 5.07. The first-order valence-corrected chi connectivity index (χ1v) is 8.01. The Morgan fingerprint density at radius 3 is 2.24 bits per heavy atom. The first-order chi connectivity index (χ1) is 9.63. The van der Waals surface area contributed by atoms with Gasteiger partial charge in [0.05, 0.1) is 22.8 Å². The molecule has 6 nitrogen and oxygen atoms in total. The van der Waals surface area contributed by atoms with Crippen molar-refractivity contribution >= 4 is 21.4 Å². The van der Waals surface area contributed by atoms with Gasteiger partial charge in [0, 0.05) is 7.05 Å². The number of nitrogens with one attached hydrogen (secondary N) is 1. The monoisotopic (exact) mass is 308 g/mol. The molecule has 0 saturated carbocycles. The molecule has 0 atom stereocenters. The lowest BCUT2D eigenvalue weighted by molar-refractivity contribution is 0.601. The van der Waals surface area contributed by atoms with Gasteiger partial charge in [-0.05, 0) is 51.0 Å². The molecule has 1 aromatic heterocycles. The quantitative estimate of drug-likeness (QED) is 0.849. The molecule has 21 heavy (non-hydrogen) atoms. The van der Waals surface area contributed by atoms with Crippen LogP contribution in [0.2, 0.25) is 0 Å². The predicted octanol–water partition coefficient (Wildman–Crippen LogP) is 2.04. The van der Waals surface area contributed by atoms with Gasteiger partial charge in [-0.3, -0.25) is 9.40 Å². The first kappa shape index (κ1) is 15.4. The van der Waals surface area contributed by atoms with Gasteiger partial charge in [-0.2, -0.15) is 5.10 Å². The van der Waals surface area contributed by atoms with Gasteiger partial charge >= 0.3 is 0 Å². The van der Waals surface area contributed by atoms with E-state index in [1.807, 2.05) is 20.8 Å².